The van der Waals surface area contributed by atoms with Gasteiger partial charge in [-0.05, 0) is 38.6 Å². The van der Waals surface area contributed by atoms with E-state index in [2.05, 4.69) is 33.0 Å². The minimum Gasteiger partial charge on any atom is -0.314 e. The van der Waals surface area contributed by atoms with Crippen molar-refractivity contribution in [3.8, 4) is 0 Å². The minimum absolute atomic E-state index is 0.707. The van der Waals surface area contributed by atoms with Gasteiger partial charge in [0.05, 0.1) is 0 Å². The van der Waals surface area contributed by atoms with Crippen LogP contribution in [0.4, 0.5) is 0 Å². The van der Waals surface area contributed by atoms with Crippen LogP contribution in [0.3, 0.4) is 0 Å². The summed E-state index contributed by atoms with van der Waals surface area (Å²) < 4.78 is 0. The van der Waals surface area contributed by atoms with Gasteiger partial charge in [-0.15, -0.1) is 0 Å². The molecule has 0 rings (SSSR count). The summed E-state index contributed by atoms with van der Waals surface area (Å²) in [4.78, 5) is 0. The highest BCUT2D eigenvalue weighted by Gasteiger charge is 2.02. The fourth-order valence-electron chi connectivity index (χ4n) is 1.76. The molecule has 0 amide bonds. The Morgan fingerprint density at radius 2 is 1.53 bits per heavy atom. The van der Waals surface area contributed by atoms with Crippen LogP contribution in [0.15, 0.2) is 0 Å². The first kappa shape index (κ1) is 15.0. The molecule has 0 aromatic rings. The topological polar surface area (TPSA) is 12.0 Å². The molecule has 0 bridgehead atoms. The highest BCUT2D eigenvalue weighted by molar-refractivity contribution is 4.61. The Labute approximate surface area is 97.0 Å². The fraction of sp³-hybridized carbons (Fsp3) is 1.00. The van der Waals surface area contributed by atoms with E-state index in [1.54, 1.807) is 0 Å². The van der Waals surface area contributed by atoms with Crippen molar-refractivity contribution in [1.82, 2.24) is 5.32 Å². The Bertz CT molecular complexity index is 121. The molecule has 0 saturated heterocycles. The van der Waals surface area contributed by atoms with E-state index in [1.807, 2.05) is 0 Å². The molecule has 1 heteroatoms. The lowest BCUT2D eigenvalue weighted by molar-refractivity contribution is 0.443. The smallest absolute Gasteiger partial charge is 0.00388 e. The van der Waals surface area contributed by atoms with Crippen molar-refractivity contribution in [3.63, 3.8) is 0 Å². The van der Waals surface area contributed by atoms with E-state index >= 15 is 0 Å². The van der Waals surface area contributed by atoms with Gasteiger partial charge in [-0.2, -0.15) is 0 Å². The molecule has 0 aromatic heterocycles. The second kappa shape index (κ2) is 10.5. The second-order valence-electron chi connectivity index (χ2n) is 5.24. The molecule has 0 aliphatic rings. The van der Waals surface area contributed by atoms with Crippen LogP contribution in [0.5, 0.6) is 0 Å². The molecule has 92 valence electrons. The summed E-state index contributed by atoms with van der Waals surface area (Å²) in [5, 5.41) is 3.61. The van der Waals surface area contributed by atoms with Crippen molar-refractivity contribution in [2.45, 2.75) is 78.7 Å². The standard InChI is InChI=1S/C14H31N/c1-5-6-7-8-9-12-15-14(4)11-10-13(2)3/h13-15H,5-12H2,1-4H3. The summed E-state index contributed by atoms with van der Waals surface area (Å²) in [7, 11) is 0. The van der Waals surface area contributed by atoms with Crippen molar-refractivity contribution in [3.05, 3.63) is 0 Å². The number of unbranched alkanes of at least 4 members (excludes halogenated alkanes) is 4. The predicted octanol–water partition coefficient (Wildman–Crippen LogP) is 4.37. The Morgan fingerprint density at radius 3 is 2.13 bits per heavy atom. The highest BCUT2D eigenvalue weighted by atomic mass is 14.9. The van der Waals surface area contributed by atoms with Crippen LogP contribution in [0.25, 0.3) is 0 Å². The Balaban J connectivity index is 3.13. The lowest BCUT2D eigenvalue weighted by Gasteiger charge is -2.14. The van der Waals surface area contributed by atoms with E-state index in [1.165, 1.54) is 51.5 Å². The normalized spacial score (nSPS) is 13.4. The zero-order valence-electron chi connectivity index (χ0n) is 11.3. The van der Waals surface area contributed by atoms with Gasteiger partial charge in [0.1, 0.15) is 0 Å². The van der Waals surface area contributed by atoms with Crippen LogP contribution in [-0.4, -0.2) is 12.6 Å². The highest BCUT2D eigenvalue weighted by Crippen LogP contribution is 2.07. The number of nitrogens with one attached hydrogen (secondary N) is 1. The fourth-order valence-corrected chi connectivity index (χ4v) is 1.76. The van der Waals surface area contributed by atoms with E-state index in [4.69, 9.17) is 0 Å². The number of hydrogen-bond donors (Lipinski definition) is 1. The molecule has 0 radical (unpaired) electrons. The predicted molar refractivity (Wildman–Crippen MR) is 70.3 cm³/mol. The Kier molecular flexibility index (Phi) is 10.4. The van der Waals surface area contributed by atoms with Crippen molar-refractivity contribution in [2.24, 2.45) is 5.92 Å². The van der Waals surface area contributed by atoms with Gasteiger partial charge in [-0.3, -0.25) is 0 Å². The van der Waals surface area contributed by atoms with Crippen LogP contribution in [0.2, 0.25) is 0 Å². The van der Waals surface area contributed by atoms with Crippen molar-refractivity contribution in [1.29, 1.82) is 0 Å². The molecule has 0 fully saturated rings. The van der Waals surface area contributed by atoms with Crippen LogP contribution in [-0.2, 0) is 0 Å². The van der Waals surface area contributed by atoms with Crippen molar-refractivity contribution < 1.29 is 0 Å². The first-order valence-electron chi connectivity index (χ1n) is 6.90. The van der Waals surface area contributed by atoms with Gasteiger partial charge in [0, 0.05) is 6.04 Å². The maximum Gasteiger partial charge on any atom is 0.00388 e. The zero-order chi connectivity index (χ0) is 11.5. The summed E-state index contributed by atoms with van der Waals surface area (Å²) in [6, 6.07) is 0.707. The molecule has 0 saturated carbocycles. The van der Waals surface area contributed by atoms with Gasteiger partial charge in [0.2, 0.25) is 0 Å². The molecule has 0 spiro atoms. The molecule has 0 heterocycles. The maximum absolute atomic E-state index is 3.61. The first-order valence-corrected chi connectivity index (χ1v) is 6.90. The molecule has 0 aliphatic carbocycles. The summed E-state index contributed by atoms with van der Waals surface area (Å²) >= 11 is 0. The average Bonchev–Trinajstić information content (AvgIpc) is 2.20. The van der Waals surface area contributed by atoms with Crippen LogP contribution >= 0.6 is 0 Å². The number of hydrogen-bond acceptors (Lipinski definition) is 1. The Morgan fingerprint density at radius 1 is 0.867 bits per heavy atom. The molecule has 1 unspecified atom stereocenters. The van der Waals surface area contributed by atoms with E-state index < -0.39 is 0 Å². The molecule has 1 N–H and O–H groups in total. The summed E-state index contributed by atoms with van der Waals surface area (Å²) in [6.45, 7) is 10.4. The van der Waals surface area contributed by atoms with E-state index in [0.717, 1.165) is 5.92 Å². The summed E-state index contributed by atoms with van der Waals surface area (Å²) in [5.74, 6) is 0.846. The molecule has 0 aromatic carbocycles. The van der Waals surface area contributed by atoms with Crippen LogP contribution in [0.1, 0.15) is 72.6 Å². The minimum atomic E-state index is 0.707. The van der Waals surface area contributed by atoms with Gasteiger partial charge >= 0.3 is 0 Å². The third-order valence-corrected chi connectivity index (χ3v) is 2.95. The molecule has 1 atom stereocenters. The average molecular weight is 213 g/mol. The summed E-state index contributed by atoms with van der Waals surface area (Å²) in [5.41, 5.74) is 0. The van der Waals surface area contributed by atoms with Crippen molar-refractivity contribution in [2.75, 3.05) is 6.54 Å². The van der Waals surface area contributed by atoms with Gasteiger partial charge < -0.3 is 5.32 Å². The van der Waals surface area contributed by atoms with Gasteiger partial charge in [0.25, 0.3) is 0 Å². The zero-order valence-corrected chi connectivity index (χ0v) is 11.3. The molecule has 15 heavy (non-hydrogen) atoms. The maximum atomic E-state index is 3.61. The van der Waals surface area contributed by atoms with Crippen LogP contribution in [0, 0.1) is 5.92 Å². The lowest BCUT2D eigenvalue weighted by atomic mass is 10.0. The monoisotopic (exact) mass is 213 g/mol. The van der Waals surface area contributed by atoms with Gasteiger partial charge in [0.15, 0.2) is 0 Å². The quantitative estimate of drug-likeness (QED) is 0.531. The molecule has 0 aliphatic heterocycles. The molecular formula is C14H31N. The summed E-state index contributed by atoms with van der Waals surface area (Å²) in [6.07, 6.45) is 9.60. The SMILES string of the molecule is CCCCCCCNC(C)CCC(C)C. The lowest BCUT2D eigenvalue weighted by Crippen LogP contribution is -2.27. The van der Waals surface area contributed by atoms with E-state index in [-0.39, 0.29) is 0 Å². The second-order valence-corrected chi connectivity index (χ2v) is 5.24. The van der Waals surface area contributed by atoms with Crippen LogP contribution < -0.4 is 5.32 Å². The van der Waals surface area contributed by atoms with E-state index in [9.17, 15) is 0 Å². The first-order chi connectivity index (χ1) is 7.16. The molecular weight excluding hydrogens is 182 g/mol. The van der Waals surface area contributed by atoms with Crippen molar-refractivity contribution >= 4 is 0 Å². The van der Waals surface area contributed by atoms with Gasteiger partial charge in [-0.1, -0.05) is 46.5 Å². The van der Waals surface area contributed by atoms with Gasteiger partial charge in [-0.25, -0.2) is 0 Å². The molecule has 1 nitrogen and oxygen atoms in total. The Hall–Kier alpha value is -0.0400. The third-order valence-electron chi connectivity index (χ3n) is 2.95. The number of rotatable bonds is 10. The third kappa shape index (κ3) is 11.9. The largest absolute Gasteiger partial charge is 0.314 e. The van der Waals surface area contributed by atoms with E-state index in [0.29, 0.717) is 6.04 Å².